The number of carbonyl (C=O) groups excluding carboxylic acids is 2. The van der Waals surface area contributed by atoms with E-state index in [9.17, 15) is 22.4 Å². The van der Waals surface area contributed by atoms with Gasteiger partial charge in [-0.3, -0.25) is 19.4 Å². The fourth-order valence-electron chi connectivity index (χ4n) is 3.17. The molecule has 166 valence electrons. The molecule has 1 saturated heterocycles. The molecule has 31 heavy (non-hydrogen) atoms. The average molecular weight is 450 g/mol. The summed E-state index contributed by atoms with van der Waals surface area (Å²) in [6.45, 7) is 2.92. The molecule has 0 unspecified atom stereocenters. The van der Waals surface area contributed by atoms with E-state index in [1.165, 1.54) is 48.5 Å². The third-order valence-electron chi connectivity index (χ3n) is 4.79. The van der Waals surface area contributed by atoms with Gasteiger partial charge >= 0.3 is 0 Å². The Labute approximate surface area is 180 Å². The Kier molecular flexibility index (Phi) is 7.33. The summed E-state index contributed by atoms with van der Waals surface area (Å²) in [5, 5.41) is 10.5. The van der Waals surface area contributed by atoms with Crippen molar-refractivity contribution >= 4 is 33.2 Å². The second kappa shape index (κ2) is 9.96. The van der Waals surface area contributed by atoms with Crippen molar-refractivity contribution in [3.63, 3.8) is 0 Å². The lowest BCUT2D eigenvalue weighted by molar-refractivity contribution is -0.120. The molecule has 9 nitrogen and oxygen atoms in total. The van der Waals surface area contributed by atoms with Gasteiger partial charge in [-0.15, -0.1) is 0 Å². The van der Waals surface area contributed by atoms with Crippen LogP contribution in [0.1, 0.15) is 0 Å². The van der Waals surface area contributed by atoms with Gasteiger partial charge in [0.2, 0.25) is 21.8 Å². The quantitative estimate of drug-likeness (QED) is 0.571. The highest BCUT2D eigenvalue weighted by molar-refractivity contribution is 7.89. The number of nitrogens with two attached hydrogens (primary N) is 1. The van der Waals surface area contributed by atoms with Crippen LogP contribution in [0.15, 0.2) is 53.4 Å². The van der Waals surface area contributed by atoms with E-state index in [1.54, 1.807) is 0 Å². The summed E-state index contributed by atoms with van der Waals surface area (Å²) < 4.78 is 35.5. The maximum Gasteiger partial charge on any atom is 0.238 e. The third-order valence-corrected chi connectivity index (χ3v) is 5.72. The fraction of sp³-hybridized carbons (Fsp3) is 0.300. The molecule has 3 rings (SSSR count). The number of sulfonamides is 1. The molecule has 0 radical (unpaired) electrons. The first-order valence-electron chi connectivity index (χ1n) is 9.62. The summed E-state index contributed by atoms with van der Waals surface area (Å²) in [6.07, 6.45) is 0. The molecular formula is C20H24FN5O4S. The molecule has 0 aliphatic carbocycles. The summed E-state index contributed by atoms with van der Waals surface area (Å²) in [7, 11) is -3.77. The summed E-state index contributed by atoms with van der Waals surface area (Å²) in [5.41, 5.74) is 1.02. The number of carbonyl (C=O) groups is 2. The molecule has 11 heteroatoms. The first-order chi connectivity index (χ1) is 14.7. The van der Waals surface area contributed by atoms with Gasteiger partial charge in [0.15, 0.2) is 0 Å². The molecule has 1 fully saturated rings. The van der Waals surface area contributed by atoms with E-state index in [0.717, 1.165) is 0 Å². The van der Waals surface area contributed by atoms with Gasteiger partial charge in [-0.05, 0) is 48.5 Å². The molecule has 0 saturated carbocycles. The van der Waals surface area contributed by atoms with Crippen LogP contribution >= 0.6 is 0 Å². The van der Waals surface area contributed by atoms with Crippen LogP contribution in [0.5, 0.6) is 0 Å². The second-order valence-corrected chi connectivity index (χ2v) is 8.79. The lowest BCUT2D eigenvalue weighted by atomic mass is 10.2. The minimum Gasteiger partial charge on any atom is -0.325 e. The maximum atomic E-state index is 12.9. The molecule has 0 spiro atoms. The topological polar surface area (TPSA) is 125 Å². The molecule has 2 aromatic rings. The van der Waals surface area contributed by atoms with Gasteiger partial charge < -0.3 is 10.6 Å². The number of nitrogens with one attached hydrogen (secondary N) is 2. The number of primary sulfonamides is 1. The minimum absolute atomic E-state index is 0.0231. The number of rotatable bonds is 7. The van der Waals surface area contributed by atoms with E-state index < -0.39 is 10.0 Å². The normalized spacial score (nSPS) is 15.4. The van der Waals surface area contributed by atoms with E-state index >= 15 is 0 Å². The van der Waals surface area contributed by atoms with Crippen molar-refractivity contribution < 1.29 is 22.4 Å². The Morgan fingerprint density at radius 1 is 0.806 bits per heavy atom. The van der Waals surface area contributed by atoms with Crippen LogP contribution in [0.4, 0.5) is 15.8 Å². The van der Waals surface area contributed by atoms with Crippen LogP contribution in [0.2, 0.25) is 0 Å². The predicted octanol–water partition coefficient (Wildman–Crippen LogP) is 0.668. The van der Waals surface area contributed by atoms with E-state index in [0.29, 0.717) is 37.6 Å². The lowest BCUT2D eigenvalue weighted by Gasteiger charge is -2.33. The van der Waals surface area contributed by atoms with E-state index in [4.69, 9.17) is 5.14 Å². The van der Waals surface area contributed by atoms with Gasteiger partial charge in [0.05, 0.1) is 18.0 Å². The van der Waals surface area contributed by atoms with Crippen LogP contribution < -0.4 is 15.8 Å². The second-order valence-electron chi connectivity index (χ2n) is 7.22. The molecule has 0 aromatic heterocycles. The van der Waals surface area contributed by atoms with Crippen LogP contribution in [-0.4, -0.2) is 69.3 Å². The Morgan fingerprint density at radius 2 is 1.19 bits per heavy atom. The van der Waals surface area contributed by atoms with Gasteiger partial charge in [-0.1, -0.05) is 0 Å². The summed E-state index contributed by atoms with van der Waals surface area (Å²) in [5.74, 6) is -0.759. The van der Waals surface area contributed by atoms with Crippen LogP contribution in [0.3, 0.4) is 0 Å². The van der Waals surface area contributed by atoms with Crippen molar-refractivity contribution in [3.05, 3.63) is 54.3 Å². The largest absolute Gasteiger partial charge is 0.325 e. The van der Waals surface area contributed by atoms with Gasteiger partial charge in [0.1, 0.15) is 5.82 Å². The molecular weight excluding hydrogens is 425 g/mol. The molecule has 0 atom stereocenters. The summed E-state index contributed by atoms with van der Waals surface area (Å²) in [6, 6.07) is 11.2. The molecule has 1 aliphatic heterocycles. The zero-order chi connectivity index (χ0) is 22.4. The van der Waals surface area contributed by atoms with Crippen molar-refractivity contribution in [2.45, 2.75) is 4.90 Å². The number of halogens is 1. The van der Waals surface area contributed by atoms with Crippen molar-refractivity contribution in [1.82, 2.24) is 9.80 Å². The van der Waals surface area contributed by atoms with Crippen molar-refractivity contribution in [2.24, 2.45) is 5.14 Å². The summed E-state index contributed by atoms with van der Waals surface area (Å²) >= 11 is 0. The number of anilines is 2. The predicted molar refractivity (Wildman–Crippen MR) is 114 cm³/mol. The summed E-state index contributed by atoms with van der Waals surface area (Å²) in [4.78, 5) is 28.3. The molecule has 0 bridgehead atoms. The molecule has 1 aliphatic rings. The number of amides is 2. The Morgan fingerprint density at radius 3 is 1.58 bits per heavy atom. The standard InChI is InChI=1S/C20H24FN5O4S/c21-15-1-3-16(4-2-15)23-19(27)13-25-9-11-26(12-10-25)14-20(28)24-17-5-7-18(8-6-17)31(22,29)30/h1-8H,9-14H2,(H,23,27)(H,24,28)(H2,22,29,30). The van der Waals surface area contributed by atoms with E-state index in [1.807, 2.05) is 9.80 Å². The number of hydrogen-bond donors (Lipinski definition) is 3. The SMILES string of the molecule is NS(=O)(=O)c1ccc(NC(=O)CN2CCN(CC(=O)Nc3ccc(F)cc3)CC2)cc1. The first kappa shape index (κ1) is 22.8. The Hall–Kier alpha value is -2.86. The fourth-order valence-corrected chi connectivity index (χ4v) is 3.69. The Bertz CT molecular complexity index is 1020. The zero-order valence-electron chi connectivity index (χ0n) is 16.8. The van der Waals surface area contributed by atoms with Crippen molar-refractivity contribution in [1.29, 1.82) is 0 Å². The first-order valence-corrected chi connectivity index (χ1v) is 11.2. The van der Waals surface area contributed by atoms with Crippen LogP contribution in [-0.2, 0) is 19.6 Å². The van der Waals surface area contributed by atoms with Crippen LogP contribution in [0, 0.1) is 5.82 Å². The van der Waals surface area contributed by atoms with E-state index in [2.05, 4.69) is 10.6 Å². The van der Waals surface area contributed by atoms with Gasteiger partial charge in [0.25, 0.3) is 0 Å². The Balaban J connectivity index is 1.39. The number of piperazine rings is 1. The highest BCUT2D eigenvalue weighted by Crippen LogP contribution is 2.13. The molecule has 1 heterocycles. The van der Waals surface area contributed by atoms with E-state index in [-0.39, 0.29) is 35.6 Å². The minimum atomic E-state index is -3.77. The van der Waals surface area contributed by atoms with Gasteiger partial charge in [-0.2, -0.15) is 0 Å². The third kappa shape index (κ3) is 7.10. The number of benzene rings is 2. The van der Waals surface area contributed by atoms with Gasteiger partial charge in [0, 0.05) is 37.6 Å². The maximum absolute atomic E-state index is 12.9. The van der Waals surface area contributed by atoms with Crippen molar-refractivity contribution in [3.8, 4) is 0 Å². The number of nitrogens with zero attached hydrogens (tertiary/aromatic N) is 2. The monoisotopic (exact) mass is 449 g/mol. The highest BCUT2D eigenvalue weighted by Gasteiger charge is 2.21. The number of hydrogen-bond acceptors (Lipinski definition) is 6. The smallest absolute Gasteiger partial charge is 0.238 e. The van der Waals surface area contributed by atoms with Gasteiger partial charge in [-0.25, -0.2) is 17.9 Å². The average Bonchev–Trinajstić information content (AvgIpc) is 2.71. The molecule has 2 amide bonds. The lowest BCUT2D eigenvalue weighted by Crippen LogP contribution is -2.50. The van der Waals surface area contributed by atoms with Crippen LogP contribution in [0.25, 0.3) is 0 Å². The zero-order valence-corrected chi connectivity index (χ0v) is 17.6. The molecule has 2 aromatic carbocycles. The highest BCUT2D eigenvalue weighted by atomic mass is 32.2. The van der Waals surface area contributed by atoms with Crippen molar-refractivity contribution in [2.75, 3.05) is 49.9 Å². The molecule has 4 N–H and O–H groups in total.